The van der Waals surface area contributed by atoms with E-state index in [1.807, 2.05) is 63.4 Å². The van der Waals surface area contributed by atoms with E-state index in [0.29, 0.717) is 6.54 Å². The minimum absolute atomic E-state index is 0.00263. The Morgan fingerprint density at radius 2 is 2.04 bits per heavy atom. The van der Waals surface area contributed by atoms with Gasteiger partial charge in [-0.05, 0) is 46.8 Å². The molecule has 1 amide bonds. The van der Waals surface area contributed by atoms with E-state index in [4.69, 9.17) is 4.74 Å². The zero-order valence-electron chi connectivity index (χ0n) is 14.3. The number of rotatable bonds is 5. The molecule has 7 nitrogen and oxygen atoms in total. The number of fused-ring (bicyclic) bond motifs is 1. The number of nitrogens with zero attached hydrogens (tertiary/aromatic N) is 3. The van der Waals surface area contributed by atoms with Crippen molar-refractivity contribution in [2.24, 2.45) is 0 Å². The molecule has 0 radical (unpaired) electrons. The Labute approximate surface area is 136 Å². The monoisotopic (exact) mass is 319 g/mol. The smallest absolute Gasteiger partial charge is 0.407 e. The van der Waals surface area contributed by atoms with Crippen LogP contribution in [0.1, 0.15) is 46.5 Å². The first-order valence-electron chi connectivity index (χ1n) is 7.79. The van der Waals surface area contributed by atoms with Crippen molar-refractivity contribution < 1.29 is 9.53 Å². The summed E-state index contributed by atoms with van der Waals surface area (Å²) in [6.45, 7) is 10.0. The molecule has 0 aliphatic rings. The topological polar surface area (TPSA) is 80.5 Å². The lowest BCUT2D eigenvalue weighted by molar-refractivity contribution is 0.0522. The van der Waals surface area contributed by atoms with Crippen LogP contribution in [0.5, 0.6) is 0 Å². The number of aromatic nitrogens is 3. The molecule has 0 saturated carbocycles. The van der Waals surface area contributed by atoms with E-state index in [1.165, 1.54) is 0 Å². The number of amides is 1. The molecule has 0 saturated heterocycles. The fourth-order valence-electron chi connectivity index (χ4n) is 2.27. The lowest BCUT2D eigenvalue weighted by atomic mass is 10.2. The lowest BCUT2D eigenvalue weighted by Crippen LogP contribution is -2.42. The van der Waals surface area contributed by atoms with Crippen LogP contribution in [0.3, 0.4) is 0 Å². The zero-order valence-corrected chi connectivity index (χ0v) is 14.3. The van der Waals surface area contributed by atoms with Crippen molar-refractivity contribution in [2.75, 3.05) is 6.54 Å². The normalized spacial score (nSPS) is 14.5. The molecule has 2 rings (SSSR count). The highest BCUT2D eigenvalue weighted by Crippen LogP contribution is 2.12. The van der Waals surface area contributed by atoms with Gasteiger partial charge in [0.2, 0.25) is 0 Å². The third kappa shape index (κ3) is 4.92. The van der Waals surface area contributed by atoms with Crippen molar-refractivity contribution in [3.05, 3.63) is 30.2 Å². The molecule has 0 aromatic carbocycles. The maximum Gasteiger partial charge on any atom is 0.407 e. The number of carbonyl (C=O) groups excluding carboxylic acids is 1. The molecule has 2 aromatic heterocycles. The summed E-state index contributed by atoms with van der Waals surface area (Å²) in [5.74, 6) is 0.838. The summed E-state index contributed by atoms with van der Waals surface area (Å²) in [5, 5.41) is 14.5. The highest BCUT2D eigenvalue weighted by Gasteiger charge is 2.18. The summed E-state index contributed by atoms with van der Waals surface area (Å²) < 4.78 is 7.17. The number of ether oxygens (including phenoxy) is 1. The van der Waals surface area contributed by atoms with Gasteiger partial charge in [0.15, 0.2) is 11.5 Å². The fourth-order valence-corrected chi connectivity index (χ4v) is 2.27. The van der Waals surface area contributed by atoms with Crippen molar-refractivity contribution in [2.45, 2.75) is 52.3 Å². The van der Waals surface area contributed by atoms with Crippen molar-refractivity contribution in [1.29, 1.82) is 0 Å². The quantitative estimate of drug-likeness (QED) is 0.884. The second kappa shape index (κ2) is 6.95. The second-order valence-corrected chi connectivity index (χ2v) is 6.66. The Kier molecular flexibility index (Phi) is 5.20. The van der Waals surface area contributed by atoms with Crippen LogP contribution < -0.4 is 10.6 Å². The number of hydrogen-bond acceptors (Lipinski definition) is 5. The van der Waals surface area contributed by atoms with Crippen LogP contribution in [-0.2, 0) is 4.74 Å². The number of hydrogen-bond donors (Lipinski definition) is 2. The Morgan fingerprint density at radius 1 is 1.30 bits per heavy atom. The van der Waals surface area contributed by atoms with Gasteiger partial charge in [0.1, 0.15) is 5.60 Å². The average Bonchev–Trinajstić information content (AvgIpc) is 2.87. The molecule has 0 aliphatic heterocycles. The molecule has 2 aromatic rings. The Morgan fingerprint density at radius 3 is 2.74 bits per heavy atom. The third-order valence-corrected chi connectivity index (χ3v) is 3.21. The van der Waals surface area contributed by atoms with Crippen LogP contribution in [0.15, 0.2) is 24.4 Å². The Hall–Kier alpha value is -2.15. The zero-order chi connectivity index (χ0) is 17.0. The highest BCUT2D eigenvalue weighted by molar-refractivity contribution is 5.67. The SMILES string of the molecule is CC(CNC(=O)OC(C)(C)C)NC(C)c1nnc2ccccn12. The number of carbonyl (C=O) groups is 1. The molecule has 2 heterocycles. The highest BCUT2D eigenvalue weighted by atomic mass is 16.6. The fraction of sp³-hybridized carbons (Fsp3) is 0.562. The van der Waals surface area contributed by atoms with Crippen molar-refractivity contribution in [3.8, 4) is 0 Å². The summed E-state index contributed by atoms with van der Waals surface area (Å²) in [4.78, 5) is 11.7. The lowest BCUT2D eigenvalue weighted by Gasteiger charge is -2.22. The van der Waals surface area contributed by atoms with Gasteiger partial charge in [0.05, 0.1) is 6.04 Å². The summed E-state index contributed by atoms with van der Waals surface area (Å²) in [7, 11) is 0. The van der Waals surface area contributed by atoms with Gasteiger partial charge in [-0.2, -0.15) is 0 Å². The van der Waals surface area contributed by atoms with Gasteiger partial charge in [0.25, 0.3) is 0 Å². The van der Waals surface area contributed by atoms with Crippen LogP contribution in [0.2, 0.25) is 0 Å². The van der Waals surface area contributed by atoms with Gasteiger partial charge >= 0.3 is 6.09 Å². The van der Waals surface area contributed by atoms with E-state index < -0.39 is 11.7 Å². The molecule has 2 unspecified atom stereocenters. The molecular formula is C16H25N5O2. The summed E-state index contributed by atoms with van der Waals surface area (Å²) >= 11 is 0. The van der Waals surface area contributed by atoms with E-state index in [1.54, 1.807) is 0 Å². The molecule has 126 valence electrons. The molecule has 23 heavy (non-hydrogen) atoms. The van der Waals surface area contributed by atoms with Gasteiger partial charge in [-0.3, -0.25) is 4.40 Å². The predicted octanol–water partition coefficient (Wildman–Crippen LogP) is 2.29. The molecule has 0 bridgehead atoms. The maximum absolute atomic E-state index is 11.7. The van der Waals surface area contributed by atoms with Gasteiger partial charge in [0, 0.05) is 18.8 Å². The first kappa shape index (κ1) is 17.2. The summed E-state index contributed by atoms with van der Waals surface area (Å²) in [6, 6.07) is 5.85. The molecule has 0 aliphatic carbocycles. The second-order valence-electron chi connectivity index (χ2n) is 6.66. The predicted molar refractivity (Wildman–Crippen MR) is 88.2 cm³/mol. The molecule has 7 heteroatoms. The third-order valence-electron chi connectivity index (χ3n) is 3.21. The van der Waals surface area contributed by atoms with E-state index in [9.17, 15) is 4.79 Å². The maximum atomic E-state index is 11.7. The molecular weight excluding hydrogens is 294 g/mol. The molecule has 2 N–H and O–H groups in total. The summed E-state index contributed by atoms with van der Waals surface area (Å²) in [5.41, 5.74) is 0.324. The van der Waals surface area contributed by atoms with Crippen LogP contribution in [0.4, 0.5) is 4.79 Å². The summed E-state index contributed by atoms with van der Waals surface area (Å²) in [6.07, 6.45) is 1.53. The van der Waals surface area contributed by atoms with Gasteiger partial charge in [-0.25, -0.2) is 4.79 Å². The van der Waals surface area contributed by atoms with E-state index in [2.05, 4.69) is 20.8 Å². The van der Waals surface area contributed by atoms with Crippen LogP contribution in [0.25, 0.3) is 5.65 Å². The molecule has 2 atom stereocenters. The number of alkyl carbamates (subject to hydrolysis) is 1. The Bertz CT molecular complexity index is 662. The molecule has 0 fully saturated rings. The minimum Gasteiger partial charge on any atom is -0.444 e. The number of nitrogens with one attached hydrogen (secondary N) is 2. The standard InChI is InChI=1S/C16H25N5O2/c1-11(10-17-15(22)23-16(3,4)5)18-12(2)14-20-19-13-8-6-7-9-21(13)14/h6-9,11-12,18H,10H2,1-5H3,(H,17,22). The average molecular weight is 319 g/mol. The molecule has 0 spiro atoms. The van der Waals surface area contributed by atoms with Gasteiger partial charge < -0.3 is 15.4 Å². The first-order valence-corrected chi connectivity index (χ1v) is 7.79. The van der Waals surface area contributed by atoms with Gasteiger partial charge in [-0.1, -0.05) is 6.07 Å². The van der Waals surface area contributed by atoms with Crippen LogP contribution in [-0.4, -0.2) is 38.9 Å². The first-order chi connectivity index (χ1) is 10.8. The Balaban J connectivity index is 1.87. The van der Waals surface area contributed by atoms with E-state index in [-0.39, 0.29) is 12.1 Å². The van der Waals surface area contributed by atoms with E-state index in [0.717, 1.165) is 11.5 Å². The largest absolute Gasteiger partial charge is 0.444 e. The van der Waals surface area contributed by atoms with E-state index >= 15 is 0 Å². The van der Waals surface area contributed by atoms with Crippen molar-refractivity contribution in [1.82, 2.24) is 25.2 Å². The van der Waals surface area contributed by atoms with Gasteiger partial charge in [-0.15, -0.1) is 10.2 Å². The van der Waals surface area contributed by atoms with Crippen molar-refractivity contribution in [3.63, 3.8) is 0 Å². The van der Waals surface area contributed by atoms with Crippen LogP contribution in [0, 0.1) is 0 Å². The minimum atomic E-state index is -0.492. The van der Waals surface area contributed by atoms with Crippen LogP contribution >= 0.6 is 0 Å². The number of pyridine rings is 1. The van der Waals surface area contributed by atoms with Crippen molar-refractivity contribution >= 4 is 11.7 Å².